The molecule has 0 saturated carbocycles. The number of hydrogen-bond donors (Lipinski definition) is 2. The minimum Gasteiger partial charge on any atom is -0.372 e. The monoisotopic (exact) mass is 301 g/mol. The van der Waals surface area contributed by atoms with E-state index in [0.717, 1.165) is 12.1 Å². The van der Waals surface area contributed by atoms with Crippen molar-refractivity contribution in [2.75, 3.05) is 13.1 Å². The maximum atomic E-state index is 11.4. The Morgan fingerprint density at radius 3 is 2.62 bits per heavy atom. The van der Waals surface area contributed by atoms with Gasteiger partial charge in [0.25, 0.3) is 0 Å². The fraction of sp³-hybridized carbons (Fsp3) is 0.250. The zero-order chi connectivity index (χ0) is 14.9. The van der Waals surface area contributed by atoms with Crippen molar-refractivity contribution in [2.24, 2.45) is 4.99 Å². The maximum absolute atomic E-state index is 11.4. The van der Waals surface area contributed by atoms with Crippen molar-refractivity contribution in [3.8, 4) is 0 Å². The quantitative estimate of drug-likeness (QED) is 0.914. The highest BCUT2D eigenvalue weighted by atomic mass is 35.5. The van der Waals surface area contributed by atoms with E-state index < -0.39 is 5.60 Å². The van der Waals surface area contributed by atoms with Crippen molar-refractivity contribution in [1.82, 2.24) is 10.3 Å². The fourth-order valence-corrected chi connectivity index (χ4v) is 2.71. The molecule has 0 bridgehead atoms. The van der Waals surface area contributed by atoms with Crippen LogP contribution in [-0.4, -0.2) is 29.0 Å². The molecule has 1 atom stereocenters. The second-order valence-electron chi connectivity index (χ2n) is 5.04. The minimum atomic E-state index is -1.38. The van der Waals surface area contributed by atoms with Crippen molar-refractivity contribution < 1.29 is 5.11 Å². The zero-order valence-electron chi connectivity index (χ0n) is 11.7. The van der Waals surface area contributed by atoms with Crippen LogP contribution in [0.3, 0.4) is 0 Å². The second kappa shape index (κ2) is 5.47. The summed E-state index contributed by atoms with van der Waals surface area (Å²) in [6.45, 7) is 3.30. The van der Waals surface area contributed by atoms with Gasteiger partial charge in [0.05, 0.1) is 12.2 Å². The molecule has 0 saturated heterocycles. The molecule has 1 aromatic heterocycles. The first kappa shape index (κ1) is 14.0. The molecule has 2 N–H and O–H groups in total. The van der Waals surface area contributed by atoms with Gasteiger partial charge in [-0.2, -0.15) is 0 Å². The molecular formula is C16H16ClN3O. The smallest absolute Gasteiger partial charge is 0.189 e. The molecule has 108 valence electrons. The van der Waals surface area contributed by atoms with Gasteiger partial charge in [-0.25, -0.2) is 0 Å². The third-order valence-corrected chi connectivity index (χ3v) is 3.88. The summed E-state index contributed by atoms with van der Waals surface area (Å²) in [6.07, 6.45) is 1.68. The van der Waals surface area contributed by atoms with Gasteiger partial charge < -0.3 is 10.4 Å². The highest BCUT2D eigenvalue weighted by molar-refractivity contribution is 6.30. The largest absolute Gasteiger partial charge is 0.372 e. The van der Waals surface area contributed by atoms with Gasteiger partial charge in [-0.15, -0.1) is 0 Å². The molecule has 0 spiro atoms. The summed E-state index contributed by atoms with van der Waals surface area (Å²) in [7, 11) is 0. The lowest BCUT2D eigenvalue weighted by molar-refractivity contribution is 0.147. The Bertz CT molecular complexity index is 684. The number of amidine groups is 1. The van der Waals surface area contributed by atoms with Crippen molar-refractivity contribution in [1.29, 1.82) is 0 Å². The second-order valence-corrected chi connectivity index (χ2v) is 5.48. The maximum Gasteiger partial charge on any atom is 0.189 e. The molecule has 4 nitrogen and oxygen atoms in total. The molecule has 0 fully saturated rings. The highest BCUT2D eigenvalue weighted by Crippen LogP contribution is 2.32. The lowest BCUT2D eigenvalue weighted by Crippen LogP contribution is -2.44. The molecule has 2 aromatic rings. The van der Waals surface area contributed by atoms with Crippen molar-refractivity contribution in [3.05, 3.63) is 64.4 Å². The molecular weight excluding hydrogens is 286 g/mol. The summed E-state index contributed by atoms with van der Waals surface area (Å²) >= 11 is 5.96. The Morgan fingerprint density at radius 2 is 2.00 bits per heavy atom. The Labute approximate surface area is 128 Å². The number of hydrogen-bond acceptors (Lipinski definition) is 4. The Balaban J connectivity index is 2.20. The van der Waals surface area contributed by atoms with Crippen molar-refractivity contribution >= 4 is 17.4 Å². The first-order valence-electron chi connectivity index (χ1n) is 6.81. The number of aryl methyl sites for hydroxylation is 1. The number of aromatic nitrogens is 1. The van der Waals surface area contributed by atoms with Crippen LogP contribution in [0.5, 0.6) is 0 Å². The third-order valence-electron chi connectivity index (χ3n) is 3.63. The molecule has 21 heavy (non-hydrogen) atoms. The molecule has 3 rings (SSSR count). The predicted molar refractivity (Wildman–Crippen MR) is 83.7 cm³/mol. The van der Waals surface area contributed by atoms with E-state index in [1.165, 1.54) is 0 Å². The average Bonchev–Trinajstić information content (AvgIpc) is 3.02. The molecule has 1 aromatic carbocycles. The predicted octanol–water partition coefficient (Wildman–Crippen LogP) is 2.28. The van der Waals surface area contributed by atoms with Crippen LogP contribution in [0.4, 0.5) is 0 Å². The molecule has 5 heteroatoms. The van der Waals surface area contributed by atoms with Crippen LogP contribution in [0.2, 0.25) is 5.02 Å². The van der Waals surface area contributed by atoms with Crippen LogP contribution in [0.1, 0.15) is 16.8 Å². The van der Waals surface area contributed by atoms with Gasteiger partial charge in [0.2, 0.25) is 0 Å². The van der Waals surface area contributed by atoms with E-state index in [-0.39, 0.29) is 0 Å². The summed E-state index contributed by atoms with van der Waals surface area (Å²) in [4.78, 5) is 8.80. The van der Waals surface area contributed by atoms with Gasteiger partial charge in [-0.1, -0.05) is 29.8 Å². The number of aliphatic imine (C=N–C) groups is 1. The lowest BCUT2D eigenvalue weighted by atomic mass is 9.86. The molecule has 1 aliphatic heterocycles. The Morgan fingerprint density at radius 1 is 1.24 bits per heavy atom. The summed E-state index contributed by atoms with van der Waals surface area (Å²) in [5.74, 6) is 0.534. The van der Waals surface area contributed by atoms with E-state index >= 15 is 0 Å². The van der Waals surface area contributed by atoms with Gasteiger partial charge in [-0.05, 0) is 36.2 Å². The van der Waals surface area contributed by atoms with Crippen molar-refractivity contribution in [3.63, 3.8) is 0 Å². The van der Waals surface area contributed by atoms with Crippen LogP contribution in [-0.2, 0) is 5.60 Å². The van der Waals surface area contributed by atoms with Gasteiger partial charge >= 0.3 is 0 Å². The van der Waals surface area contributed by atoms with Crippen LogP contribution in [0.25, 0.3) is 0 Å². The Kier molecular flexibility index (Phi) is 3.66. The lowest BCUT2D eigenvalue weighted by Gasteiger charge is -2.29. The molecule has 0 radical (unpaired) electrons. The average molecular weight is 302 g/mol. The number of aliphatic hydroxyl groups is 1. The first-order chi connectivity index (χ1) is 10.1. The zero-order valence-corrected chi connectivity index (χ0v) is 12.4. The summed E-state index contributed by atoms with van der Waals surface area (Å²) in [5, 5.41) is 15.2. The molecule has 2 heterocycles. The van der Waals surface area contributed by atoms with Gasteiger partial charge in [0, 0.05) is 17.8 Å². The van der Waals surface area contributed by atoms with Gasteiger partial charge in [0.15, 0.2) is 5.60 Å². The van der Waals surface area contributed by atoms with Crippen molar-refractivity contribution in [2.45, 2.75) is 12.5 Å². The first-order valence-corrected chi connectivity index (χ1v) is 7.19. The number of nitrogens with zero attached hydrogens (tertiary/aromatic N) is 2. The molecule has 0 amide bonds. The number of pyridine rings is 1. The number of halogens is 1. The normalized spacial score (nSPS) is 17.0. The van der Waals surface area contributed by atoms with E-state index in [9.17, 15) is 5.11 Å². The van der Waals surface area contributed by atoms with Crippen LogP contribution in [0.15, 0.2) is 47.6 Å². The van der Waals surface area contributed by atoms with Gasteiger partial charge in [-0.3, -0.25) is 9.98 Å². The standard InChI is InChI=1S/C16H16ClN3O/c1-11-3-2-8-18-14(11)16(21,15-19-9-10-20-15)12-4-6-13(17)7-5-12/h2-8,21H,9-10H2,1H3,(H,19,20). The third kappa shape index (κ3) is 2.41. The molecule has 0 aliphatic carbocycles. The van der Waals surface area contributed by atoms with Crippen LogP contribution in [0, 0.1) is 6.92 Å². The van der Waals surface area contributed by atoms with E-state index in [4.69, 9.17) is 11.6 Å². The van der Waals surface area contributed by atoms with E-state index in [0.29, 0.717) is 28.7 Å². The van der Waals surface area contributed by atoms with E-state index in [1.54, 1.807) is 30.5 Å². The summed E-state index contributed by atoms with van der Waals surface area (Å²) in [5.41, 5.74) is 0.806. The van der Waals surface area contributed by atoms with E-state index in [1.807, 2.05) is 19.1 Å². The van der Waals surface area contributed by atoms with Crippen LogP contribution < -0.4 is 5.32 Å². The Hall–Kier alpha value is -1.91. The SMILES string of the molecule is Cc1cccnc1C(O)(C1=NCCN1)c1ccc(Cl)cc1. The molecule has 1 aliphatic rings. The fourth-order valence-electron chi connectivity index (χ4n) is 2.58. The summed E-state index contributed by atoms with van der Waals surface area (Å²) in [6, 6.07) is 10.9. The van der Waals surface area contributed by atoms with E-state index in [2.05, 4.69) is 15.3 Å². The summed E-state index contributed by atoms with van der Waals surface area (Å²) < 4.78 is 0. The number of benzene rings is 1. The van der Waals surface area contributed by atoms with Gasteiger partial charge in [0.1, 0.15) is 5.84 Å². The number of rotatable bonds is 3. The minimum absolute atomic E-state index is 0.534. The van der Waals surface area contributed by atoms with Crippen LogP contribution >= 0.6 is 11.6 Å². The highest BCUT2D eigenvalue weighted by Gasteiger charge is 2.41. The topological polar surface area (TPSA) is 57.5 Å². The number of nitrogens with one attached hydrogen (secondary N) is 1. The molecule has 1 unspecified atom stereocenters.